The quantitative estimate of drug-likeness (QED) is 0.849. The summed E-state index contributed by atoms with van der Waals surface area (Å²) in [4.78, 5) is 9.36. The van der Waals surface area contributed by atoms with Crippen LogP contribution in [0.3, 0.4) is 0 Å². The van der Waals surface area contributed by atoms with Gasteiger partial charge in [0.15, 0.2) is 0 Å². The Morgan fingerprint density at radius 2 is 1.67 bits per heavy atom. The molecule has 3 nitrogen and oxygen atoms in total. The lowest BCUT2D eigenvalue weighted by Crippen LogP contribution is -2.19. The first kappa shape index (κ1) is 14.5. The third-order valence-electron chi connectivity index (χ3n) is 4.02. The van der Waals surface area contributed by atoms with E-state index in [9.17, 15) is 0 Å². The van der Waals surface area contributed by atoms with E-state index in [1.54, 1.807) is 0 Å². The molecule has 1 aromatic heterocycles. The number of fused-ring (bicyclic) bond motifs is 1. The minimum Gasteiger partial charge on any atom is -0.383 e. The molecule has 21 heavy (non-hydrogen) atoms. The first-order valence-corrected chi connectivity index (χ1v) is 8.05. The van der Waals surface area contributed by atoms with E-state index in [1.165, 1.54) is 11.1 Å². The van der Waals surface area contributed by atoms with Crippen LogP contribution in [0.15, 0.2) is 28.7 Å². The fraction of sp³-hybridized carbons (Fsp3) is 0.412. The summed E-state index contributed by atoms with van der Waals surface area (Å²) in [5, 5.41) is 0. The number of rotatable bonds is 1. The highest BCUT2D eigenvalue weighted by Crippen LogP contribution is 2.36. The van der Waals surface area contributed by atoms with Gasteiger partial charge in [0, 0.05) is 11.3 Å². The monoisotopic (exact) mass is 345 g/mol. The van der Waals surface area contributed by atoms with Crippen LogP contribution in [0.4, 0.5) is 5.82 Å². The van der Waals surface area contributed by atoms with E-state index in [1.807, 2.05) is 0 Å². The van der Waals surface area contributed by atoms with Gasteiger partial charge in [-0.1, -0.05) is 45.0 Å². The molecule has 2 N–H and O–H groups in total. The Morgan fingerprint density at radius 1 is 1.10 bits per heavy atom. The number of aromatic nitrogens is 2. The van der Waals surface area contributed by atoms with Gasteiger partial charge in [-0.25, -0.2) is 9.97 Å². The van der Waals surface area contributed by atoms with E-state index in [0.29, 0.717) is 11.7 Å². The third-order valence-corrected chi connectivity index (χ3v) is 4.80. The van der Waals surface area contributed by atoms with Crippen molar-refractivity contribution in [3.63, 3.8) is 0 Å². The molecule has 0 fully saturated rings. The molecule has 0 saturated carbocycles. The van der Waals surface area contributed by atoms with E-state index in [2.05, 4.69) is 66.0 Å². The molecule has 0 unspecified atom stereocenters. The number of hydrogen-bond acceptors (Lipinski definition) is 3. The van der Waals surface area contributed by atoms with Crippen molar-refractivity contribution in [2.45, 2.75) is 44.9 Å². The minimum atomic E-state index is -0.0594. The number of nitrogens with zero attached hydrogens (tertiary/aromatic N) is 2. The Morgan fingerprint density at radius 3 is 2.19 bits per heavy atom. The Balaban J connectivity index is 2.00. The minimum absolute atomic E-state index is 0.0594. The first-order valence-electron chi connectivity index (χ1n) is 7.26. The molecule has 4 heteroatoms. The van der Waals surface area contributed by atoms with Gasteiger partial charge in [-0.15, -0.1) is 0 Å². The molecule has 0 saturated heterocycles. The molecule has 1 aliphatic rings. The summed E-state index contributed by atoms with van der Waals surface area (Å²) in [7, 11) is 0. The van der Waals surface area contributed by atoms with Crippen LogP contribution in [0, 0.1) is 0 Å². The second kappa shape index (κ2) is 5.09. The number of nitrogens with two attached hydrogens (primary N) is 1. The predicted molar refractivity (Wildman–Crippen MR) is 89.4 cm³/mol. The molecule has 0 aliphatic heterocycles. The van der Waals surface area contributed by atoms with Crippen LogP contribution in [-0.4, -0.2) is 9.97 Å². The SMILES string of the molecule is CC(C)(C)c1nc(C2Cc3ccccc3C2)nc(N)c1Br. The number of nitrogen functional groups attached to an aromatic ring is 1. The van der Waals surface area contributed by atoms with Gasteiger partial charge in [-0.05, 0) is 39.9 Å². The van der Waals surface area contributed by atoms with Gasteiger partial charge in [0.1, 0.15) is 11.6 Å². The van der Waals surface area contributed by atoms with E-state index in [-0.39, 0.29) is 5.41 Å². The van der Waals surface area contributed by atoms with Crippen LogP contribution < -0.4 is 5.73 Å². The van der Waals surface area contributed by atoms with Crippen molar-refractivity contribution in [1.29, 1.82) is 0 Å². The van der Waals surface area contributed by atoms with E-state index >= 15 is 0 Å². The van der Waals surface area contributed by atoms with E-state index in [4.69, 9.17) is 10.7 Å². The second-order valence-corrected chi connectivity index (χ2v) is 7.55. The zero-order valence-corrected chi connectivity index (χ0v) is 14.2. The zero-order valence-electron chi connectivity index (χ0n) is 12.7. The summed E-state index contributed by atoms with van der Waals surface area (Å²) >= 11 is 3.54. The maximum Gasteiger partial charge on any atom is 0.141 e. The molecular formula is C17H20BrN3. The summed E-state index contributed by atoms with van der Waals surface area (Å²) < 4.78 is 0.828. The van der Waals surface area contributed by atoms with Crippen LogP contribution in [-0.2, 0) is 18.3 Å². The van der Waals surface area contributed by atoms with Crippen LogP contribution in [0.1, 0.15) is 49.3 Å². The van der Waals surface area contributed by atoms with Crippen LogP contribution >= 0.6 is 15.9 Å². The first-order chi connectivity index (χ1) is 9.86. The second-order valence-electron chi connectivity index (χ2n) is 6.75. The highest BCUT2D eigenvalue weighted by molar-refractivity contribution is 9.10. The molecule has 3 rings (SSSR count). The molecule has 0 radical (unpaired) electrons. The average Bonchev–Trinajstić information content (AvgIpc) is 2.84. The largest absolute Gasteiger partial charge is 0.383 e. The lowest BCUT2D eigenvalue weighted by molar-refractivity contribution is 0.550. The Bertz CT molecular complexity index is 664. The van der Waals surface area contributed by atoms with Crippen molar-refractivity contribution in [3.8, 4) is 0 Å². The van der Waals surface area contributed by atoms with Crippen LogP contribution in [0.25, 0.3) is 0 Å². The molecule has 1 aliphatic carbocycles. The number of halogens is 1. The predicted octanol–water partition coefficient (Wildman–Crippen LogP) is 4.00. The molecular weight excluding hydrogens is 326 g/mol. The van der Waals surface area contributed by atoms with Gasteiger partial charge in [0.05, 0.1) is 10.2 Å². The van der Waals surface area contributed by atoms with Crippen molar-refractivity contribution in [3.05, 3.63) is 51.4 Å². The van der Waals surface area contributed by atoms with Crippen molar-refractivity contribution >= 4 is 21.7 Å². The number of hydrogen-bond donors (Lipinski definition) is 1. The Labute approximate surface area is 134 Å². The molecule has 2 aromatic rings. The summed E-state index contributed by atoms with van der Waals surface area (Å²) in [5.74, 6) is 1.75. The molecule has 1 heterocycles. The lowest BCUT2D eigenvalue weighted by Gasteiger charge is -2.22. The van der Waals surface area contributed by atoms with E-state index < -0.39 is 0 Å². The van der Waals surface area contributed by atoms with Crippen LogP contribution in [0.5, 0.6) is 0 Å². The summed E-state index contributed by atoms with van der Waals surface area (Å²) in [5.41, 5.74) is 9.84. The van der Waals surface area contributed by atoms with Gasteiger partial charge in [-0.2, -0.15) is 0 Å². The Kier molecular flexibility index (Phi) is 3.52. The van der Waals surface area contributed by atoms with Crippen molar-refractivity contribution in [1.82, 2.24) is 9.97 Å². The molecule has 1 aromatic carbocycles. The smallest absolute Gasteiger partial charge is 0.141 e. The fourth-order valence-electron chi connectivity index (χ4n) is 2.90. The average molecular weight is 346 g/mol. The highest BCUT2D eigenvalue weighted by atomic mass is 79.9. The lowest BCUT2D eigenvalue weighted by atomic mass is 9.91. The standard InChI is InChI=1S/C17H20BrN3/c1-17(2,3)14-13(18)15(19)21-16(20-14)12-8-10-6-4-5-7-11(10)9-12/h4-7,12H,8-9H2,1-3H3,(H2,19,20,21). The molecule has 0 spiro atoms. The molecule has 110 valence electrons. The zero-order chi connectivity index (χ0) is 15.2. The number of benzene rings is 1. The highest BCUT2D eigenvalue weighted by Gasteiger charge is 2.28. The topological polar surface area (TPSA) is 51.8 Å². The fourth-order valence-corrected chi connectivity index (χ4v) is 3.68. The molecule has 0 atom stereocenters. The van der Waals surface area contributed by atoms with Gasteiger partial charge >= 0.3 is 0 Å². The van der Waals surface area contributed by atoms with Gasteiger partial charge < -0.3 is 5.73 Å². The summed E-state index contributed by atoms with van der Waals surface area (Å²) in [6, 6.07) is 8.58. The normalized spacial score (nSPS) is 15.2. The van der Waals surface area contributed by atoms with Crippen molar-refractivity contribution < 1.29 is 0 Å². The van der Waals surface area contributed by atoms with E-state index in [0.717, 1.165) is 28.8 Å². The maximum atomic E-state index is 6.09. The summed E-state index contributed by atoms with van der Waals surface area (Å²) in [6.07, 6.45) is 2.00. The third kappa shape index (κ3) is 2.69. The maximum absolute atomic E-state index is 6.09. The van der Waals surface area contributed by atoms with Crippen molar-refractivity contribution in [2.75, 3.05) is 5.73 Å². The van der Waals surface area contributed by atoms with Crippen molar-refractivity contribution in [2.24, 2.45) is 0 Å². The van der Waals surface area contributed by atoms with Crippen LogP contribution in [0.2, 0.25) is 0 Å². The molecule has 0 bridgehead atoms. The Hall–Kier alpha value is -1.42. The molecule has 0 amide bonds. The number of anilines is 1. The van der Waals surface area contributed by atoms with Gasteiger partial charge in [0.25, 0.3) is 0 Å². The van der Waals surface area contributed by atoms with Gasteiger partial charge in [0.2, 0.25) is 0 Å². The summed E-state index contributed by atoms with van der Waals surface area (Å²) in [6.45, 7) is 6.44. The van der Waals surface area contributed by atoms with Gasteiger partial charge in [-0.3, -0.25) is 0 Å².